The molecule has 10 heteroatoms. The lowest BCUT2D eigenvalue weighted by atomic mass is 10.1. The van der Waals surface area contributed by atoms with Crippen molar-refractivity contribution in [1.82, 2.24) is 20.1 Å². The average molecular weight is 420 g/mol. The molecule has 0 fully saturated rings. The van der Waals surface area contributed by atoms with Gasteiger partial charge in [-0.3, -0.25) is 14.4 Å². The standard InChI is InChI=1S/C19H25N5O4S/c1-5-28-17(27)9-14-22-23-19(24(14)4)29-11-16(26)20-10-15(25)21-18-12(2)7-6-8-13(18)3/h6-8H,5,9-11H2,1-4H3,(H,20,26)(H,21,25). The van der Waals surface area contributed by atoms with Crippen molar-refractivity contribution in [3.63, 3.8) is 0 Å². The van der Waals surface area contributed by atoms with Crippen LogP contribution in [0.5, 0.6) is 0 Å². The Morgan fingerprint density at radius 1 is 1.14 bits per heavy atom. The summed E-state index contributed by atoms with van der Waals surface area (Å²) in [6.45, 7) is 5.73. The van der Waals surface area contributed by atoms with E-state index in [1.165, 1.54) is 11.8 Å². The normalized spacial score (nSPS) is 10.5. The van der Waals surface area contributed by atoms with E-state index in [1.54, 1.807) is 18.5 Å². The Morgan fingerprint density at radius 3 is 2.48 bits per heavy atom. The number of carbonyl (C=O) groups is 3. The zero-order valence-corrected chi connectivity index (χ0v) is 17.8. The first-order valence-corrected chi connectivity index (χ1v) is 10.1. The van der Waals surface area contributed by atoms with Gasteiger partial charge in [-0.25, -0.2) is 0 Å². The fourth-order valence-corrected chi connectivity index (χ4v) is 3.28. The molecule has 0 aliphatic carbocycles. The van der Waals surface area contributed by atoms with Crippen LogP contribution in [0.15, 0.2) is 23.4 Å². The monoisotopic (exact) mass is 419 g/mol. The summed E-state index contributed by atoms with van der Waals surface area (Å²) < 4.78 is 6.53. The largest absolute Gasteiger partial charge is 0.466 e. The number of rotatable bonds is 9. The van der Waals surface area contributed by atoms with E-state index in [0.29, 0.717) is 17.6 Å². The maximum Gasteiger partial charge on any atom is 0.313 e. The number of nitrogens with zero attached hydrogens (tertiary/aromatic N) is 3. The van der Waals surface area contributed by atoms with Gasteiger partial charge in [0, 0.05) is 12.7 Å². The van der Waals surface area contributed by atoms with Gasteiger partial charge in [0.05, 0.1) is 18.9 Å². The van der Waals surface area contributed by atoms with Crippen LogP contribution in [0, 0.1) is 13.8 Å². The van der Waals surface area contributed by atoms with Gasteiger partial charge in [0.2, 0.25) is 11.8 Å². The molecule has 0 aliphatic rings. The Labute approximate surface area is 173 Å². The number of amides is 2. The van der Waals surface area contributed by atoms with Gasteiger partial charge >= 0.3 is 5.97 Å². The van der Waals surface area contributed by atoms with E-state index in [4.69, 9.17) is 4.74 Å². The minimum absolute atomic E-state index is 0.0165. The third-order valence-electron chi connectivity index (χ3n) is 4.06. The second kappa shape index (κ2) is 10.6. The van der Waals surface area contributed by atoms with Gasteiger partial charge < -0.3 is 19.9 Å². The summed E-state index contributed by atoms with van der Waals surface area (Å²) in [5.41, 5.74) is 2.68. The first-order valence-electron chi connectivity index (χ1n) is 9.11. The summed E-state index contributed by atoms with van der Waals surface area (Å²) >= 11 is 1.17. The van der Waals surface area contributed by atoms with E-state index in [0.717, 1.165) is 16.8 Å². The van der Waals surface area contributed by atoms with Crippen molar-refractivity contribution < 1.29 is 19.1 Å². The fraction of sp³-hybridized carbons (Fsp3) is 0.421. The van der Waals surface area contributed by atoms with E-state index >= 15 is 0 Å². The number of hydrogen-bond acceptors (Lipinski definition) is 7. The van der Waals surface area contributed by atoms with Crippen LogP contribution in [-0.4, -0.2) is 51.5 Å². The Balaban J connectivity index is 1.79. The van der Waals surface area contributed by atoms with E-state index in [2.05, 4.69) is 20.8 Å². The maximum absolute atomic E-state index is 12.1. The molecule has 0 saturated heterocycles. The maximum atomic E-state index is 12.1. The van der Waals surface area contributed by atoms with Crippen LogP contribution >= 0.6 is 11.8 Å². The number of esters is 1. The number of ether oxygens (including phenoxy) is 1. The van der Waals surface area contributed by atoms with Gasteiger partial charge in [-0.05, 0) is 31.9 Å². The highest BCUT2D eigenvalue weighted by Gasteiger charge is 2.15. The van der Waals surface area contributed by atoms with E-state index in [1.807, 2.05) is 32.0 Å². The summed E-state index contributed by atoms with van der Waals surface area (Å²) in [4.78, 5) is 35.7. The summed E-state index contributed by atoms with van der Waals surface area (Å²) in [5, 5.41) is 13.8. The molecule has 9 nitrogen and oxygen atoms in total. The predicted octanol–water partition coefficient (Wildman–Crippen LogP) is 1.38. The molecule has 2 aromatic rings. The van der Waals surface area contributed by atoms with Crippen molar-refractivity contribution in [3.8, 4) is 0 Å². The lowest BCUT2D eigenvalue weighted by molar-refractivity contribution is -0.142. The van der Waals surface area contributed by atoms with Crippen LogP contribution in [0.4, 0.5) is 5.69 Å². The molecule has 0 spiro atoms. The molecule has 0 radical (unpaired) electrons. The number of thioether (sulfide) groups is 1. The van der Waals surface area contributed by atoms with Crippen molar-refractivity contribution in [2.24, 2.45) is 7.05 Å². The number of hydrogen-bond donors (Lipinski definition) is 2. The summed E-state index contributed by atoms with van der Waals surface area (Å²) in [5.74, 6) is -0.452. The Bertz CT molecular complexity index is 876. The molecule has 0 atom stereocenters. The van der Waals surface area contributed by atoms with Crippen molar-refractivity contribution in [2.45, 2.75) is 32.3 Å². The van der Waals surface area contributed by atoms with Crippen molar-refractivity contribution in [2.75, 3.05) is 24.2 Å². The summed E-state index contributed by atoms with van der Waals surface area (Å²) in [7, 11) is 1.72. The summed E-state index contributed by atoms with van der Waals surface area (Å²) in [6, 6.07) is 5.74. The van der Waals surface area contributed by atoms with E-state index in [-0.39, 0.29) is 36.5 Å². The third-order valence-corrected chi connectivity index (χ3v) is 5.08. The van der Waals surface area contributed by atoms with Crippen LogP contribution in [0.3, 0.4) is 0 Å². The van der Waals surface area contributed by atoms with Gasteiger partial charge in [-0.2, -0.15) is 0 Å². The van der Waals surface area contributed by atoms with Crippen LogP contribution in [-0.2, 0) is 32.6 Å². The van der Waals surface area contributed by atoms with Gasteiger partial charge in [-0.15, -0.1) is 10.2 Å². The molecule has 0 unspecified atom stereocenters. The van der Waals surface area contributed by atoms with Crippen molar-refractivity contribution in [1.29, 1.82) is 0 Å². The number of benzene rings is 1. The summed E-state index contributed by atoms with van der Waals surface area (Å²) in [6.07, 6.45) is 0.0165. The first kappa shape index (κ1) is 22.4. The Kier molecular flexibility index (Phi) is 8.20. The van der Waals surface area contributed by atoms with Gasteiger partial charge in [0.15, 0.2) is 5.16 Å². The van der Waals surface area contributed by atoms with Crippen LogP contribution < -0.4 is 10.6 Å². The molecule has 156 valence electrons. The highest BCUT2D eigenvalue weighted by Crippen LogP contribution is 2.19. The molecule has 29 heavy (non-hydrogen) atoms. The topological polar surface area (TPSA) is 115 Å². The van der Waals surface area contributed by atoms with E-state index in [9.17, 15) is 14.4 Å². The third kappa shape index (κ3) is 6.60. The molecule has 2 N–H and O–H groups in total. The number of aromatic nitrogens is 3. The highest BCUT2D eigenvalue weighted by molar-refractivity contribution is 7.99. The van der Waals surface area contributed by atoms with Crippen LogP contribution in [0.2, 0.25) is 0 Å². The molecule has 0 aliphatic heterocycles. The fourth-order valence-electron chi connectivity index (χ4n) is 2.52. The zero-order chi connectivity index (χ0) is 21.4. The van der Waals surface area contributed by atoms with Crippen molar-refractivity contribution >= 4 is 35.2 Å². The molecular formula is C19H25N5O4S. The van der Waals surface area contributed by atoms with Gasteiger partial charge in [0.25, 0.3) is 0 Å². The van der Waals surface area contributed by atoms with Gasteiger partial charge in [-0.1, -0.05) is 30.0 Å². The number of para-hydroxylation sites is 1. The minimum atomic E-state index is -0.382. The smallest absolute Gasteiger partial charge is 0.313 e. The quantitative estimate of drug-likeness (QED) is 0.466. The van der Waals surface area contributed by atoms with Crippen LogP contribution in [0.25, 0.3) is 0 Å². The predicted molar refractivity (Wildman–Crippen MR) is 110 cm³/mol. The van der Waals surface area contributed by atoms with E-state index < -0.39 is 0 Å². The molecule has 1 aromatic carbocycles. The second-order valence-corrected chi connectivity index (χ2v) is 7.26. The number of anilines is 1. The molecule has 2 amide bonds. The SMILES string of the molecule is CCOC(=O)Cc1nnc(SCC(=O)NCC(=O)Nc2c(C)cccc2C)n1C. The Morgan fingerprint density at radius 2 is 1.83 bits per heavy atom. The highest BCUT2D eigenvalue weighted by atomic mass is 32.2. The number of carbonyl (C=O) groups excluding carboxylic acids is 3. The molecule has 0 saturated carbocycles. The number of nitrogens with one attached hydrogen (secondary N) is 2. The first-order chi connectivity index (χ1) is 13.8. The zero-order valence-electron chi connectivity index (χ0n) is 16.9. The molecule has 1 aromatic heterocycles. The number of aryl methyl sites for hydroxylation is 2. The molecule has 1 heterocycles. The van der Waals surface area contributed by atoms with Crippen molar-refractivity contribution in [3.05, 3.63) is 35.2 Å². The molecule has 2 rings (SSSR count). The van der Waals surface area contributed by atoms with Gasteiger partial charge in [0.1, 0.15) is 12.2 Å². The molecule has 0 bridgehead atoms. The lowest BCUT2D eigenvalue weighted by Crippen LogP contribution is -2.34. The van der Waals surface area contributed by atoms with Crippen LogP contribution in [0.1, 0.15) is 23.9 Å². The average Bonchev–Trinajstić information content (AvgIpc) is 3.01. The second-order valence-electron chi connectivity index (χ2n) is 6.32. The Hall–Kier alpha value is -2.88. The molecular weight excluding hydrogens is 394 g/mol. The minimum Gasteiger partial charge on any atom is -0.466 e. The lowest BCUT2D eigenvalue weighted by Gasteiger charge is -2.11.